The van der Waals surface area contributed by atoms with Gasteiger partial charge in [-0.2, -0.15) is 0 Å². The van der Waals surface area contributed by atoms with Crippen LogP contribution in [0.4, 0.5) is 4.39 Å². The number of fused-ring (bicyclic) bond motifs is 1. The molecule has 1 saturated carbocycles. The van der Waals surface area contributed by atoms with Crippen molar-refractivity contribution in [1.82, 2.24) is 9.97 Å². The number of halogens is 1. The molecule has 100 valence electrons. The Bertz CT molecular complexity index is 785. The quantitative estimate of drug-likeness (QED) is 0.748. The van der Waals surface area contributed by atoms with Gasteiger partial charge in [-0.3, -0.25) is 0 Å². The SMILES string of the molecule is NC1(c2ccc3nc(-c4ccc(F)cc4)[nH]c3c2)CC1. The van der Waals surface area contributed by atoms with Crippen LogP contribution in [0.25, 0.3) is 22.4 Å². The predicted molar refractivity (Wildman–Crippen MR) is 76.6 cm³/mol. The third-order valence-corrected chi connectivity index (χ3v) is 3.96. The number of rotatable bonds is 2. The Morgan fingerprint density at radius 1 is 1.10 bits per heavy atom. The van der Waals surface area contributed by atoms with Crippen molar-refractivity contribution in [1.29, 1.82) is 0 Å². The standard InChI is InChI=1S/C16H14FN3/c17-12-4-1-10(2-5-12)15-19-13-6-3-11(9-14(13)20-15)16(18)7-8-16/h1-6,9H,7-8,18H2,(H,19,20). The van der Waals surface area contributed by atoms with Gasteiger partial charge in [-0.1, -0.05) is 6.07 Å². The zero-order chi connectivity index (χ0) is 13.7. The van der Waals surface area contributed by atoms with Crippen molar-refractivity contribution in [3.8, 4) is 11.4 Å². The number of nitrogens with zero attached hydrogens (tertiary/aromatic N) is 1. The molecule has 0 radical (unpaired) electrons. The number of hydrogen-bond acceptors (Lipinski definition) is 2. The van der Waals surface area contributed by atoms with Gasteiger partial charge in [0.1, 0.15) is 11.6 Å². The molecule has 0 bridgehead atoms. The molecule has 1 aromatic heterocycles. The first-order valence-electron chi connectivity index (χ1n) is 6.69. The van der Waals surface area contributed by atoms with Crippen molar-refractivity contribution in [2.75, 3.05) is 0 Å². The van der Waals surface area contributed by atoms with Gasteiger partial charge in [-0.05, 0) is 54.8 Å². The second-order valence-corrected chi connectivity index (χ2v) is 5.48. The Morgan fingerprint density at radius 2 is 1.85 bits per heavy atom. The van der Waals surface area contributed by atoms with Crippen molar-refractivity contribution >= 4 is 11.0 Å². The molecule has 4 heteroatoms. The van der Waals surface area contributed by atoms with E-state index < -0.39 is 0 Å². The van der Waals surface area contributed by atoms with Crippen LogP contribution in [0.2, 0.25) is 0 Å². The van der Waals surface area contributed by atoms with E-state index in [4.69, 9.17) is 5.73 Å². The summed E-state index contributed by atoms with van der Waals surface area (Å²) in [7, 11) is 0. The molecule has 0 amide bonds. The monoisotopic (exact) mass is 267 g/mol. The van der Waals surface area contributed by atoms with Gasteiger partial charge in [0.2, 0.25) is 0 Å². The minimum Gasteiger partial charge on any atom is -0.338 e. The Morgan fingerprint density at radius 3 is 2.55 bits per heavy atom. The maximum absolute atomic E-state index is 13.0. The molecule has 0 spiro atoms. The van der Waals surface area contributed by atoms with Crippen LogP contribution in [0.15, 0.2) is 42.5 Å². The molecule has 0 aliphatic heterocycles. The van der Waals surface area contributed by atoms with Gasteiger partial charge >= 0.3 is 0 Å². The van der Waals surface area contributed by atoms with E-state index in [1.165, 1.54) is 12.1 Å². The van der Waals surface area contributed by atoms with Gasteiger partial charge < -0.3 is 10.7 Å². The Hall–Kier alpha value is -2.20. The normalized spacial score (nSPS) is 16.5. The lowest BCUT2D eigenvalue weighted by Crippen LogP contribution is -2.18. The van der Waals surface area contributed by atoms with Crippen LogP contribution in [0.1, 0.15) is 18.4 Å². The minimum absolute atomic E-state index is 0.144. The number of benzene rings is 2. The fraction of sp³-hybridized carbons (Fsp3) is 0.188. The van der Waals surface area contributed by atoms with E-state index in [2.05, 4.69) is 16.0 Å². The molecule has 2 aromatic carbocycles. The molecule has 1 aliphatic rings. The largest absolute Gasteiger partial charge is 0.338 e. The van der Waals surface area contributed by atoms with E-state index in [0.29, 0.717) is 0 Å². The summed E-state index contributed by atoms with van der Waals surface area (Å²) >= 11 is 0. The summed E-state index contributed by atoms with van der Waals surface area (Å²) in [4.78, 5) is 7.82. The van der Waals surface area contributed by atoms with E-state index in [1.807, 2.05) is 12.1 Å². The number of nitrogens with two attached hydrogens (primary N) is 1. The molecular weight excluding hydrogens is 253 g/mol. The second kappa shape index (κ2) is 3.90. The molecule has 3 aromatic rings. The van der Waals surface area contributed by atoms with Gasteiger partial charge in [0.15, 0.2) is 0 Å². The van der Waals surface area contributed by atoms with Gasteiger partial charge in [-0.25, -0.2) is 9.37 Å². The van der Waals surface area contributed by atoms with Gasteiger partial charge in [0, 0.05) is 11.1 Å². The molecule has 0 atom stereocenters. The highest BCUT2D eigenvalue weighted by molar-refractivity contribution is 5.80. The Balaban J connectivity index is 1.80. The molecule has 1 aliphatic carbocycles. The number of H-pyrrole nitrogens is 1. The van der Waals surface area contributed by atoms with Crippen LogP contribution >= 0.6 is 0 Å². The number of nitrogens with one attached hydrogen (secondary N) is 1. The molecule has 3 N–H and O–H groups in total. The van der Waals surface area contributed by atoms with Crippen LogP contribution in [0.3, 0.4) is 0 Å². The van der Waals surface area contributed by atoms with E-state index in [1.54, 1.807) is 12.1 Å². The minimum atomic E-state index is -0.244. The Labute approximate surface area is 115 Å². The summed E-state index contributed by atoms with van der Waals surface area (Å²) in [5, 5.41) is 0. The van der Waals surface area contributed by atoms with Crippen LogP contribution in [-0.4, -0.2) is 9.97 Å². The van der Waals surface area contributed by atoms with E-state index in [9.17, 15) is 4.39 Å². The van der Waals surface area contributed by atoms with Crippen molar-refractivity contribution < 1.29 is 4.39 Å². The first-order valence-corrected chi connectivity index (χ1v) is 6.69. The van der Waals surface area contributed by atoms with Crippen LogP contribution < -0.4 is 5.73 Å². The van der Waals surface area contributed by atoms with Crippen LogP contribution in [-0.2, 0) is 5.54 Å². The molecule has 1 fully saturated rings. The van der Waals surface area contributed by atoms with Gasteiger partial charge in [0.05, 0.1) is 11.0 Å². The lowest BCUT2D eigenvalue weighted by Gasteiger charge is -2.07. The van der Waals surface area contributed by atoms with Crippen molar-refractivity contribution in [3.05, 3.63) is 53.8 Å². The highest BCUT2D eigenvalue weighted by Crippen LogP contribution is 2.43. The van der Waals surface area contributed by atoms with E-state index >= 15 is 0 Å². The van der Waals surface area contributed by atoms with Crippen LogP contribution in [0.5, 0.6) is 0 Å². The molecular formula is C16H14FN3. The van der Waals surface area contributed by atoms with Crippen molar-refractivity contribution in [3.63, 3.8) is 0 Å². The van der Waals surface area contributed by atoms with Gasteiger partial charge in [0.25, 0.3) is 0 Å². The third kappa shape index (κ3) is 1.80. The van der Waals surface area contributed by atoms with E-state index in [-0.39, 0.29) is 11.4 Å². The third-order valence-electron chi connectivity index (χ3n) is 3.96. The number of imidazole rings is 1. The maximum atomic E-state index is 13.0. The summed E-state index contributed by atoms with van der Waals surface area (Å²) in [6.07, 6.45) is 2.08. The van der Waals surface area contributed by atoms with Crippen molar-refractivity contribution in [2.24, 2.45) is 5.73 Å². The zero-order valence-electron chi connectivity index (χ0n) is 10.9. The second-order valence-electron chi connectivity index (χ2n) is 5.48. The lowest BCUT2D eigenvalue weighted by molar-refractivity contribution is 0.628. The molecule has 20 heavy (non-hydrogen) atoms. The van der Waals surface area contributed by atoms with Crippen LogP contribution in [0, 0.1) is 5.82 Å². The number of aromatic nitrogens is 2. The average Bonchev–Trinajstić information content (AvgIpc) is 3.06. The highest BCUT2D eigenvalue weighted by atomic mass is 19.1. The number of hydrogen-bond donors (Lipinski definition) is 2. The summed E-state index contributed by atoms with van der Waals surface area (Å²) in [6.45, 7) is 0. The first-order chi connectivity index (χ1) is 9.64. The predicted octanol–water partition coefficient (Wildman–Crippen LogP) is 3.32. The number of aromatic amines is 1. The highest BCUT2D eigenvalue weighted by Gasteiger charge is 2.40. The molecule has 1 heterocycles. The summed E-state index contributed by atoms with van der Waals surface area (Å²) < 4.78 is 13.0. The molecule has 3 nitrogen and oxygen atoms in total. The van der Waals surface area contributed by atoms with Crippen molar-refractivity contribution in [2.45, 2.75) is 18.4 Å². The fourth-order valence-electron chi connectivity index (χ4n) is 2.49. The summed E-state index contributed by atoms with van der Waals surface area (Å²) in [5.74, 6) is 0.505. The molecule has 4 rings (SSSR count). The fourth-order valence-corrected chi connectivity index (χ4v) is 2.49. The Kier molecular flexibility index (Phi) is 2.26. The lowest BCUT2D eigenvalue weighted by atomic mass is 10.1. The topological polar surface area (TPSA) is 54.7 Å². The average molecular weight is 267 g/mol. The molecule has 0 saturated heterocycles. The van der Waals surface area contributed by atoms with Gasteiger partial charge in [-0.15, -0.1) is 0 Å². The van der Waals surface area contributed by atoms with E-state index in [0.717, 1.165) is 40.8 Å². The first kappa shape index (κ1) is 11.6. The summed E-state index contributed by atoms with van der Waals surface area (Å²) in [5.41, 5.74) is 9.97. The zero-order valence-corrected chi connectivity index (χ0v) is 10.9. The maximum Gasteiger partial charge on any atom is 0.138 e. The smallest absolute Gasteiger partial charge is 0.138 e. The summed E-state index contributed by atoms with van der Waals surface area (Å²) in [6, 6.07) is 12.4. The molecule has 0 unspecified atom stereocenters.